The minimum absolute atomic E-state index is 0.199. The van der Waals surface area contributed by atoms with Gasteiger partial charge in [0, 0.05) is 31.4 Å². The first-order chi connectivity index (χ1) is 13.2. The summed E-state index contributed by atoms with van der Waals surface area (Å²) in [5.41, 5.74) is 2.24. The van der Waals surface area contributed by atoms with Gasteiger partial charge >= 0.3 is 0 Å². The van der Waals surface area contributed by atoms with E-state index in [-0.39, 0.29) is 5.91 Å². The summed E-state index contributed by atoms with van der Waals surface area (Å²) in [6, 6.07) is 13.3. The Morgan fingerprint density at radius 1 is 1.22 bits per heavy atom. The number of amides is 1. The molecule has 0 radical (unpaired) electrons. The van der Waals surface area contributed by atoms with E-state index in [0.29, 0.717) is 29.6 Å². The Balaban J connectivity index is 1.50. The van der Waals surface area contributed by atoms with Gasteiger partial charge in [-0.25, -0.2) is 9.67 Å². The van der Waals surface area contributed by atoms with Gasteiger partial charge in [0.25, 0.3) is 5.91 Å². The van der Waals surface area contributed by atoms with Gasteiger partial charge in [0.1, 0.15) is 0 Å². The van der Waals surface area contributed by atoms with Crippen molar-refractivity contribution in [2.75, 3.05) is 0 Å². The summed E-state index contributed by atoms with van der Waals surface area (Å²) in [5.74, 6) is 1.32. The van der Waals surface area contributed by atoms with Crippen LogP contribution in [0, 0.1) is 6.92 Å². The molecule has 0 bridgehead atoms. The molecule has 1 aromatic carbocycles. The summed E-state index contributed by atoms with van der Waals surface area (Å²) in [4.78, 5) is 20.8. The van der Waals surface area contributed by atoms with Crippen molar-refractivity contribution in [1.82, 2.24) is 30.2 Å². The van der Waals surface area contributed by atoms with Crippen LogP contribution >= 0.6 is 0 Å². The molecule has 0 fully saturated rings. The summed E-state index contributed by atoms with van der Waals surface area (Å²) in [5, 5.41) is 11.0. The first-order valence-corrected chi connectivity index (χ1v) is 8.33. The Kier molecular flexibility index (Phi) is 4.44. The van der Waals surface area contributed by atoms with Crippen LogP contribution in [0.15, 0.2) is 65.6 Å². The number of carbonyl (C=O) groups excluding carboxylic acids is 1. The Bertz CT molecular complexity index is 1070. The number of rotatable bonds is 5. The summed E-state index contributed by atoms with van der Waals surface area (Å²) in [7, 11) is 0. The maximum atomic E-state index is 12.3. The fourth-order valence-electron chi connectivity index (χ4n) is 2.54. The highest BCUT2D eigenvalue weighted by molar-refractivity contribution is 5.93. The van der Waals surface area contributed by atoms with Gasteiger partial charge in [0.2, 0.25) is 11.7 Å². The SMILES string of the molecule is Cc1nc(-c2ccnc(-n3cc(C(=O)NCc4ccccc4)cn3)c2)no1. The monoisotopic (exact) mass is 360 g/mol. The summed E-state index contributed by atoms with van der Waals surface area (Å²) < 4.78 is 6.54. The summed E-state index contributed by atoms with van der Waals surface area (Å²) >= 11 is 0. The molecule has 0 aliphatic carbocycles. The molecule has 4 aromatic rings. The highest BCUT2D eigenvalue weighted by atomic mass is 16.5. The van der Waals surface area contributed by atoms with Gasteiger partial charge in [0.05, 0.1) is 11.8 Å². The van der Waals surface area contributed by atoms with Gasteiger partial charge in [-0.3, -0.25) is 4.79 Å². The second-order valence-corrected chi connectivity index (χ2v) is 5.88. The minimum Gasteiger partial charge on any atom is -0.348 e. The molecule has 0 atom stereocenters. The molecule has 1 amide bonds. The zero-order valence-electron chi connectivity index (χ0n) is 14.5. The van der Waals surface area contributed by atoms with E-state index < -0.39 is 0 Å². The van der Waals surface area contributed by atoms with E-state index in [1.807, 2.05) is 30.3 Å². The molecule has 27 heavy (non-hydrogen) atoms. The molecule has 8 nitrogen and oxygen atoms in total. The average molecular weight is 360 g/mol. The van der Waals surface area contributed by atoms with Crippen LogP contribution in [-0.2, 0) is 6.54 Å². The lowest BCUT2D eigenvalue weighted by molar-refractivity contribution is 0.0951. The highest BCUT2D eigenvalue weighted by Gasteiger charge is 2.12. The predicted molar refractivity (Wildman–Crippen MR) is 97.0 cm³/mol. The third-order valence-corrected chi connectivity index (χ3v) is 3.91. The molecule has 1 N–H and O–H groups in total. The average Bonchev–Trinajstić information content (AvgIpc) is 3.36. The van der Waals surface area contributed by atoms with Crippen molar-refractivity contribution >= 4 is 5.91 Å². The number of carbonyl (C=O) groups is 1. The molecule has 3 aromatic heterocycles. The van der Waals surface area contributed by atoms with E-state index in [2.05, 4.69) is 25.5 Å². The first kappa shape index (κ1) is 16.6. The number of nitrogens with one attached hydrogen (secondary N) is 1. The van der Waals surface area contributed by atoms with E-state index in [1.54, 1.807) is 31.5 Å². The predicted octanol–water partition coefficient (Wildman–Crippen LogP) is 2.56. The van der Waals surface area contributed by atoms with Crippen LogP contribution in [-0.4, -0.2) is 30.8 Å². The van der Waals surface area contributed by atoms with Crippen molar-refractivity contribution in [2.24, 2.45) is 0 Å². The van der Waals surface area contributed by atoms with E-state index in [9.17, 15) is 4.79 Å². The second-order valence-electron chi connectivity index (χ2n) is 5.88. The number of aryl methyl sites for hydroxylation is 1. The van der Waals surface area contributed by atoms with Crippen LogP contribution in [0.4, 0.5) is 0 Å². The van der Waals surface area contributed by atoms with Gasteiger partial charge in [-0.05, 0) is 17.7 Å². The smallest absolute Gasteiger partial charge is 0.254 e. The van der Waals surface area contributed by atoms with Crippen molar-refractivity contribution in [3.8, 4) is 17.2 Å². The lowest BCUT2D eigenvalue weighted by Crippen LogP contribution is -2.22. The molecular formula is C19H16N6O2. The zero-order valence-corrected chi connectivity index (χ0v) is 14.5. The van der Waals surface area contributed by atoms with Crippen LogP contribution in [0.1, 0.15) is 21.8 Å². The summed E-state index contributed by atoms with van der Waals surface area (Å²) in [6.07, 6.45) is 4.77. The van der Waals surface area contributed by atoms with E-state index >= 15 is 0 Å². The highest BCUT2D eigenvalue weighted by Crippen LogP contribution is 2.17. The van der Waals surface area contributed by atoms with Gasteiger partial charge in [-0.2, -0.15) is 10.1 Å². The number of hydrogen-bond donors (Lipinski definition) is 1. The maximum Gasteiger partial charge on any atom is 0.254 e. The topological polar surface area (TPSA) is 98.7 Å². The zero-order chi connectivity index (χ0) is 18.6. The van der Waals surface area contributed by atoms with E-state index in [1.165, 1.54) is 10.9 Å². The third-order valence-electron chi connectivity index (χ3n) is 3.91. The van der Waals surface area contributed by atoms with Crippen LogP contribution in [0.5, 0.6) is 0 Å². The van der Waals surface area contributed by atoms with Crippen molar-refractivity contribution in [2.45, 2.75) is 13.5 Å². The first-order valence-electron chi connectivity index (χ1n) is 8.33. The van der Waals surface area contributed by atoms with Crippen molar-refractivity contribution in [1.29, 1.82) is 0 Å². The Labute approximate surface area is 154 Å². The number of nitrogens with zero attached hydrogens (tertiary/aromatic N) is 5. The Morgan fingerprint density at radius 3 is 2.85 bits per heavy atom. The van der Waals surface area contributed by atoms with E-state index in [0.717, 1.165) is 11.1 Å². The molecule has 0 saturated carbocycles. The minimum atomic E-state index is -0.199. The van der Waals surface area contributed by atoms with Gasteiger partial charge in [0.15, 0.2) is 5.82 Å². The molecule has 0 aliphatic rings. The van der Waals surface area contributed by atoms with Crippen molar-refractivity contribution < 1.29 is 9.32 Å². The number of hydrogen-bond acceptors (Lipinski definition) is 6. The fourth-order valence-corrected chi connectivity index (χ4v) is 2.54. The molecule has 3 heterocycles. The lowest BCUT2D eigenvalue weighted by atomic mass is 10.2. The van der Waals surface area contributed by atoms with Crippen LogP contribution in [0.25, 0.3) is 17.2 Å². The lowest BCUT2D eigenvalue weighted by Gasteiger charge is -2.03. The third kappa shape index (κ3) is 3.74. The molecular weight excluding hydrogens is 344 g/mol. The number of aromatic nitrogens is 5. The van der Waals surface area contributed by atoms with Gasteiger partial charge in [-0.15, -0.1) is 0 Å². The van der Waals surface area contributed by atoms with Crippen molar-refractivity contribution in [3.05, 3.63) is 78.1 Å². The molecule has 0 aliphatic heterocycles. The fraction of sp³-hybridized carbons (Fsp3) is 0.105. The second kappa shape index (κ2) is 7.20. The normalized spacial score (nSPS) is 10.7. The molecule has 4 rings (SSSR count). The molecule has 0 saturated heterocycles. The standard InChI is InChI=1S/C19H16N6O2/c1-13-23-18(24-27-13)15-7-8-20-17(9-15)25-12-16(11-22-25)19(26)21-10-14-5-3-2-4-6-14/h2-9,11-12H,10H2,1H3,(H,21,26). The maximum absolute atomic E-state index is 12.3. The quantitative estimate of drug-likeness (QED) is 0.587. The van der Waals surface area contributed by atoms with Crippen molar-refractivity contribution in [3.63, 3.8) is 0 Å². The van der Waals surface area contributed by atoms with Gasteiger partial charge in [-0.1, -0.05) is 35.5 Å². The number of pyridine rings is 1. The van der Waals surface area contributed by atoms with Gasteiger partial charge < -0.3 is 9.84 Å². The van der Waals surface area contributed by atoms with Crippen LogP contribution in [0.2, 0.25) is 0 Å². The van der Waals surface area contributed by atoms with E-state index in [4.69, 9.17) is 4.52 Å². The molecule has 0 spiro atoms. The molecule has 8 heteroatoms. The Hall–Kier alpha value is -3.81. The van der Waals surface area contributed by atoms with Crippen LogP contribution < -0.4 is 5.32 Å². The Morgan fingerprint density at radius 2 is 2.07 bits per heavy atom. The largest absolute Gasteiger partial charge is 0.348 e. The van der Waals surface area contributed by atoms with Crippen LogP contribution in [0.3, 0.4) is 0 Å². The molecule has 0 unspecified atom stereocenters. The summed E-state index contributed by atoms with van der Waals surface area (Å²) in [6.45, 7) is 2.18. The number of benzene rings is 1. The molecule has 134 valence electrons.